The summed E-state index contributed by atoms with van der Waals surface area (Å²) in [5, 5.41) is -0.0900. The van der Waals surface area contributed by atoms with Crippen molar-refractivity contribution >= 4 is 64.9 Å². The number of hydrogen-bond donors (Lipinski definition) is 2. The summed E-state index contributed by atoms with van der Waals surface area (Å²) in [4.78, 5) is -0.0351. The number of nitrogens with one attached hydrogen (secondary N) is 1. The standard InChI is InChI=1S/C12H8Br2ClFN2O2S/c13-8-3-6(17)4-9(14)12(8)21(19,20)18-7-1-2-10(15)11(16)5-7/h1-5,18H,17H2. The molecule has 0 aromatic heterocycles. The predicted molar refractivity (Wildman–Crippen MR) is 88.5 cm³/mol. The number of nitrogen functional groups attached to an aromatic ring is 1. The number of nitrogens with two attached hydrogens (primary N) is 1. The molecule has 0 radical (unpaired) electrons. The molecular formula is C12H8Br2ClFN2O2S. The molecule has 0 fully saturated rings. The topological polar surface area (TPSA) is 72.2 Å². The van der Waals surface area contributed by atoms with Gasteiger partial charge in [0.2, 0.25) is 0 Å². The molecule has 0 spiro atoms. The van der Waals surface area contributed by atoms with Gasteiger partial charge in [-0.25, -0.2) is 12.8 Å². The molecule has 0 aliphatic rings. The highest BCUT2D eigenvalue weighted by molar-refractivity contribution is 9.11. The molecule has 0 amide bonds. The van der Waals surface area contributed by atoms with Crippen LogP contribution in [0.2, 0.25) is 5.02 Å². The highest BCUT2D eigenvalue weighted by Crippen LogP contribution is 2.33. The molecule has 2 aromatic rings. The fourth-order valence-corrected chi connectivity index (χ4v) is 5.39. The van der Waals surface area contributed by atoms with E-state index in [4.69, 9.17) is 17.3 Å². The third-order valence-electron chi connectivity index (χ3n) is 2.46. The van der Waals surface area contributed by atoms with Crippen LogP contribution in [0.1, 0.15) is 0 Å². The van der Waals surface area contributed by atoms with Crippen molar-refractivity contribution < 1.29 is 12.8 Å². The lowest BCUT2D eigenvalue weighted by atomic mass is 10.3. The normalized spacial score (nSPS) is 11.4. The molecule has 3 N–H and O–H groups in total. The predicted octanol–water partition coefficient (Wildman–Crippen LogP) is 4.39. The van der Waals surface area contributed by atoms with Crippen LogP contribution in [-0.2, 0) is 10.0 Å². The Hall–Kier alpha value is -0.830. The first-order valence-electron chi connectivity index (χ1n) is 5.43. The van der Waals surface area contributed by atoms with Crippen LogP contribution >= 0.6 is 43.5 Å². The van der Waals surface area contributed by atoms with Crippen LogP contribution in [0.5, 0.6) is 0 Å². The van der Waals surface area contributed by atoms with Crippen LogP contribution in [-0.4, -0.2) is 8.42 Å². The summed E-state index contributed by atoms with van der Waals surface area (Å²) in [6.45, 7) is 0. The molecule has 0 saturated heterocycles. The lowest BCUT2D eigenvalue weighted by Gasteiger charge is -2.12. The Bertz CT molecular complexity index is 792. The Labute approximate surface area is 142 Å². The van der Waals surface area contributed by atoms with Gasteiger partial charge in [-0.2, -0.15) is 0 Å². The maximum atomic E-state index is 13.4. The number of rotatable bonds is 3. The van der Waals surface area contributed by atoms with Crippen LogP contribution in [0.15, 0.2) is 44.2 Å². The highest BCUT2D eigenvalue weighted by Gasteiger charge is 2.22. The van der Waals surface area contributed by atoms with Crippen molar-refractivity contribution in [2.75, 3.05) is 10.5 Å². The summed E-state index contributed by atoms with van der Waals surface area (Å²) in [6.07, 6.45) is 0. The van der Waals surface area contributed by atoms with E-state index in [1.165, 1.54) is 24.3 Å². The average molecular weight is 459 g/mol. The van der Waals surface area contributed by atoms with Crippen molar-refractivity contribution in [1.82, 2.24) is 0 Å². The molecule has 21 heavy (non-hydrogen) atoms. The number of hydrogen-bond acceptors (Lipinski definition) is 3. The SMILES string of the molecule is Nc1cc(Br)c(S(=O)(=O)Nc2ccc(Cl)c(F)c2)c(Br)c1. The van der Waals surface area contributed by atoms with Crippen molar-refractivity contribution in [3.63, 3.8) is 0 Å². The Kier molecular flexibility index (Phi) is 4.82. The minimum Gasteiger partial charge on any atom is -0.399 e. The molecule has 0 bridgehead atoms. The number of anilines is 2. The van der Waals surface area contributed by atoms with Crippen LogP contribution in [0.4, 0.5) is 15.8 Å². The van der Waals surface area contributed by atoms with E-state index in [-0.39, 0.29) is 24.6 Å². The van der Waals surface area contributed by atoms with Gasteiger partial charge in [-0.3, -0.25) is 4.72 Å². The van der Waals surface area contributed by atoms with Crippen molar-refractivity contribution in [2.24, 2.45) is 0 Å². The monoisotopic (exact) mass is 456 g/mol. The molecule has 0 unspecified atom stereocenters. The maximum absolute atomic E-state index is 13.4. The van der Waals surface area contributed by atoms with E-state index in [0.717, 1.165) is 6.07 Å². The smallest absolute Gasteiger partial charge is 0.264 e. The Morgan fingerprint density at radius 1 is 1.14 bits per heavy atom. The lowest BCUT2D eigenvalue weighted by Crippen LogP contribution is -2.14. The van der Waals surface area contributed by atoms with Gasteiger partial charge >= 0.3 is 0 Å². The zero-order valence-electron chi connectivity index (χ0n) is 10.2. The Morgan fingerprint density at radius 3 is 2.24 bits per heavy atom. The summed E-state index contributed by atoms with van der Waals surface area (Å²) >= 11 is 11.9. The fourth-order valence-electron chi connectivity index (χ4n) is 1.60. The Balaban J connectivity index is 2.46. The molecule has 0 aliphatic heterocycles. The van der Waals surface area contributed by atoms with E-state index in [1.54, 1.807) is 0 Å². The molecule has 112 valence electrons. The van der Waals surface area contributed by atoms with Gasteiger partial charge in [0.1, 0.15) is 10.7 Å². The van der Waals surface area contributed by atoms with Gasteiger partial charge in [-0.15, -0.1) is 0 Å². The first-order valence-corrected chi connectivity index (χ1v) is 8.88. The second-order valence-electron chi connectivity index (χ2n) is 4.05. The summed E-state index contributed by atoms with van der Waals surface area (Å²) in [5.41, 5.74) is 6.08. The number of sulfonamides is 1. The molecule has 2 rings (SSSR count). The zero-order chi connectivity index (χ0) is 15.8. The van der Waals surface area contributed by atoms with Gasteiger partial charge in [0.25, 0.3) is 10.0 Å². The first kappa shape index (κ1) is 16.5. The van der Waals surface area contributed by atoms with E-state index in [1.807, 2.05) is 0 Å². The third-order valence-corrected chi connectivity index (χ3v) is 6.03. The van der Waals surface area contributed by atoms with E-state index in [9.17, 15) is 12.8 Å². The van der Waals surface area contributed by atoms with Crippen molar-refractivity contribution in [3.8, 4) is 0 Å². The van der Waals surface area contributed by atoms with Crippen LogP contribution < -0.4 is 10.5 Å². The van der Waals surface area contributed by atoms with Crippen LogP contribution in [0.25, 0.3) is 0 Å². The third kappa shape index (κ3) is 3.68. The van der Waals surface area contributed by atoms with Crippen LogP contribution in [0, 0.1) is 5.82 Å². The molecule has 0 heterocycles. The van der Waals surface area contributed by atoms with Crippen molar-refractivity contribution in [1.29, 1.82) is 0 Å². The molecule has 4 nitrogen and oxygen atoms in total. The second-order valence-corrected chi connectivity index (χ2v) is 7.78. The summed E-state index contributed by atoms with van der Waals surface area (Å²) in [5.74, 6) is -0.715. The van der Waals surface area contributed by atoms with E-state index in [0.29, 0.717) is 5.69 Å². The minimum atomic E-state index is -3.93. The van der Waals surface area contributed by atoms with E-state index < -0.39 is 15.8 Å². The molecule has 0 saturated carbocycles. The minimum absolute atomic E-state index is 0.0351. The summed E-state index contributed by atoms with van der Waals surface area (Å²) in [6, 6.07) is 6.55. The van der Waals surface area contributed by atoms with Gasteiger partial charge in [-0.1, -0.05) is 11.6 Å². The van der Waals surface area contributed by atoms with Gasteiger partial charge in [0.05, 0.1) is 10.7 Å². The van der Waals surface area contributed by atoms with E-state index >= 15 is 0 Å². The quantitative estimate of drug-likeness (QED) is 0.671. The first-order chi connectivity index (χ1) is 9.70. The molecule has 2 aromatic carbocycles. The fraction of sp³-hybridized carbons (Fsp3) is 0. The number of benzene rings is 2. The molecule has 9 heteroatoms. The maximum Gasteiger partial charge on any atom is 0.264 e. The van der Waals surface area contributed by atoms with E-state index in [2.05, 4.69) is 36.6 Å². The van der Waals surface area contributed by atoms with Gasteiger partial charge in [0.15, 0.2) is 0 Å². The van der Waals surface area contributed by atoms with Crippen LogP contribution in [0.3, 0.4) is 0 Å². The number of halogens is 4. The largest absolute Gasteiger partial charge is 0.399 e. The van der Waals surface area contributed by atoms with Crippen molar-refractivity contribution in [3.05, 3.63) is 50.1 Å². The summed E-state index contributed by atoms with van der Waals surface area (Å²) < 4.78 is 41.0. The van der Waals surface area contributed by atoms with Gasteiger partial charge in [0, 0.05) is 14.6 Å². The highest BCUT2D eigenvalue weighted by atomic mass is 79.9. The molecule has 0 atom stereocenters. The Morgan fingerprint density at radius 2 is 1.71 bits per heavy atom. The van der Waals surface area contributed by atoms with Gasteiger partial charge in [-0.05, 0) is 62.2 Å². The van der Waals surface area contributed by atoms with Crippen molar-refractivity contribution in [2.45, 2.75) is 4.90 Å². The second kappa shape index (κ2) is 6.12. The zero-order valence-corrected chi connectivity index (χ0v) is 14.9. The van der Waals surface area contributed by atoms with Gasteiger partial charge < -0.3 is 5.73 Å². The molecular weight excluding hydrogens is 450 g/mol. The molecule has 0 aliphatic carbocycles. The summed E-state index contributed by atoms with van der Waals surface area (Å²) in [7, 11) is -3.93. The average Bonchev–Trinajstić information content (AvgIpc) is 2.31. The lowest BCUT2D eigenvalue weighted by molar-refractivity contribution is 0.600.